The van der Waals surface area contributed by atoms with Gasteiger partial charge in [-0.25, -0.2) is 8.42 Å². The fourth-order valence-electron chi connectivity index (χ4n) is 3.10. The molecule has 0 unspecified atom stereocenters. The number of ether oxygens (including phenoxy) is 1. The second-order valence-electron chi connectivity index (χ2n) is 6.85. The van der Waals surface area contributed by atoms with E-state index in [0.29, 0.717) is 42.6 Å². The maximum atomic E-state index is 12.6. The summed E-state index contributed by atoms with van der Waals surface area (Å²) in [4.78, 5) is 12.5. The first-order valence-corrected chi connectivity index (χ1v) is 11.0. The number of nitrogens with zero attached hydrogens (tertiary/aromatic N) is 1. The van der Waals surface area contributed by atoms with Crippen LogP contribution in [0.4, 0.5) is 5.69 Å². The first-order chi connectivity index (χ1) is 13.8. The monoisotopic (exact) mass is 434 g/mol. The number of halogens is 1. The van der Waals surface area contributed by atoms with E-state index < -0.39 is 10.0 Å². The van der Waals surface area contributed by atoms with Crippen LogP contribution in [-0.2, 0) is 19.6 Å². The molecule has 2 aromatic rings. The van der Waals surface area contributed by atoms with Crippen LogP contribution in [0, 0.1) is 13.8 Å². The predicted octanol–water partition coefficient (Wildman–Crippen LogP) is 3.63. The zero-order valence-electron chi connectivity index (χ0n) is 16.3. The maximum absolute atomic E-state index is 12.6. The summed E-state index contributed by atoms with van der Waals surface area (Å²) in [6.45, 7) is 5.33. The van der Waals surface area contributed by atoms with E-state index >= 15 is 0 Å². The van der Waals surface area contributed by atoms with Gasteiger partial charge in [-0.05, 0) is 54.8 Å². The Labute approximate surface area is 176 Å². The molecule has 1 heterocycles. The Balaban J connectivity index is 1.68. The molecule has 0 radical (unpaired) electrons. The van der Waals surface area contributed by atoms with E-state index in [9.17, 15) is 13.2 Å². The van der Waals surface area contributed by atoms with E-state index in [1.54, 1.807) is 36.4 Å². The average molecular weight is 435 g/mol. The summed E-state index contributed by atoms with van der Waals surface area (Å²) in [5, 5.41) is 3.27. The molecule has 1 fully saturated rings. The summed E-state index contributed by atoms with van der Waals surface area (Å²) in [7, 11) is -3.53. The molecule has 2 aromatic carbocycles. The summed E-state index contributed by atoms with van der Waals surface area (Å²) in [6, 6.07) is 10.2. The van der Waals surface area contributed by atoms with Crippen LogP contribution in [0.1, 0.15) is 16.7 Å². The molecule has 1 N–H and O–H groups in total. The number of carbonyl (C=O) groups excluding carboxylic acids is 1. The highest BCUT2D eigenvalue weighted by molar-refractivity contribution is 7.89. The van der Waals surface area contributed by atoms with Gasteiger partial charge in [-0.1, -0.05) is 29.8 Å². The maximum Gasteiger partial charge on any atom is 0.248 e. The van der Waals surface area contributed by atoms with Crippen LogP contribution in [0.2, 0.25) is 5.02 Å². The van der Waals surface area contributed by atoms with Gasteiger partial charge in [0.15, 0.2) is 0 Å². The van der Waals surface area contributed by atoms with Gasteiger partial charge in [-0.15, -0.1) is 0 Å². The number of sulfonamides is 1. The van der Waals surface area contributed by atoms with E-state index in [1.807, 2.05) is 19.9 Å². The quantitative estimate of drug-likeness (QED) is 0.729. The summed E-state index contributed by atoms with van der Waals surface area (Å²) < 4.78 is 31.9. The molecule has 6 nitrogen and oxygen atoms in total. The van der Waals surface area contributed by atoms with Crippen molar-refractivity contribution in [2.24, 2.45) is 0 Å². The van der Waals surface area contributed by atoms with Crippen molar-refractivity contribution in [3.63, 3.8) is 0 Å². The van der Waals surface area contributed by atoms with Gasteiger partial charge in [0.1, 0.15) is 0 Å². The summed E-state index contributed by atoms with van der Waals surface area (Å²) in [5.41, 5.74) is 3.20. The van der Waals surface area contributed by atoms with Crippen molar-refractivity contribution in [2.75, 3.05) is 31.6 Å². The number of morpholine rings is 1. The lowest BCUT2D eigenvalue weighted by molar-refractivity contribution is -0.111. The third-order valence-electron chi connectivity index (χ3n) is 4.60. The molecular weight excluding hydrogens is 412 g/mol. The molecule has 1 aliphatic heterocycles. The van der Waals surface area contributed by atoms with Crippen LogP contribution in [-0.4, -0.2) is 44.9 Å². The number of benzene rings is 2. The van der Waals surface area contributed by atoms with Crippen molar-refractivity contribution in [3.05, 3.63) is 64.2 Å². The molecule has 0 bridgehead atoms. The average Bonchev–Trinajstić information content (AvgIpc) is 2.70. The van der Waals surface area contributed by atoms with Gasteiger partial charge in [0.2, 0.25) is 15.9 Å². The molecule has 0 aliphatic carbocycles. The highest BCUT2D eigenvalue weighted by atomic mass is 35.5. The Bertz CT molecular complexity index is 1000. The number of anilines is 1. The van der Waals surface area contributed by atoms with Crippen molar-refractivity contribution in [1.29, 1.82) is 0 Å². The standard InChI is InChI=1S/C21H23ClN2O4S/c1-15-13-16(2)21(19(22)14-15)23-20(25)8-5-17-3-6-18(7-4-17)29(26,27)24-9-11-28-12-10-24/h3-8,13-14H,9-12H2,1-2H3,(H,23,25)/b8-5-. The number of nitrogens with one attached hydrogen (secondary N) is 1. The molecule has 1 amide bonds. The Hall–Kier alpha value is -2.19. The first-order valence-electron chi connectivity index (χ1n) is 9.21. The number of hydrogen-bond acceptors (Lipinski definition) is 4. The molecule has 0 aromatic heterocycles. The van der Waals surface area contributed by atoms with Gasteiger partial charge in [0, 0.05) is 19.2 Å². The minimum Gasteiger partial charge on any atom is -0.379 e. The van der Waals surface area contributed by atoms with Crippen molar-refractivity contribution in [3.8, 4) is 0 Å². The molecular formula is C21H23ClN2O4S. The fraction of sp³-hybridized carbons (Fsp3) is 0.286. The predicted molar refractivity (Wildman–Crippen MR) is 115 cm³/mol. The largest absolute Gasteiger partial charge is 0.379 e. The Morgan fingerprint density at radius 3 is 2.41 bits per heavy atom. The lowest BCUT2D eigenvalue weighted by Gasteiger charge is -2.26. The van der Waals surface area contributed by atoms with Crippen LogP contribution in [0.15, 0.2) is 47.4 Å². The van der Waals surface area contributed by atoms with Gasteiger partial charge in [0.05, 0.1) is 28.8 Å². The number of aryl methyl sites for hydroxylation is 2. The SMILES string of the molecule is Cc1cc(C)c(NC(=O)/C=C\c2ccc(S(=O)(=O)N3CCOCC3)cc2)c(Cl)c1. The lowest BCUT2D eigenvalue weighted by Crippen LogP contribution is -2.40. The van der Waals surface area contributed by atoms with Gasteiger partial charge in [0.25, 0.3) is 0 Å². The highest BCUT2D eigenvalue weighted by Gasteiger charge is 2.25. The molecule has 3 rings (SSSR count). The van der Waals surface area contributed by atoms with E-state index in [-0.39, 0.29) is 10.8 Å². The number of carbonyl (C=O) groups is 1. The Morgan fingerprint density at radius 2 is 1.79 bits per heavy atom. The highest BCUT2D eigenvalue weighted by Crippen LogP contribution is 2.27. The number of rotatable bonds is 5. The van der Waals surface area contributed by atoms with Crippen molar-refractivity contribution < 1.29 is 17.9 Å². The van der Waals surface area contributed by atoms with Crippen LogP contribution in [0.3, 0.4) is 0 Å². The van der Waals surface area contributed by atoms with Crippen LogP contribution in [0.5, 0.6) is 0 Å². The van der Waals surface area contributed by atoms with Gasteiger partial charge >= 0.3 is 0 Å². The Morgan fingerprint density at radius 1 is 1.14 bits per heavy atom. The second kappa shape index (κ2) is 9.09. The Kier molecular flexibility index (Phi) is 6.74. The molecule has 1 aliphatic rings. The minimum absolute atomic E-state index is 0.225. The summed E-state index contributed by atoms with van der Waals surface area (Å²) >= 11 is 6.21. The first kappa shape index (κ1) is 21.5. The molecule has 154 valence electrons. The van der Waals surface area contributed by atoms with Crippen LogP contribution in [0.25, 0.3) is 6.08 Å². The van der Waals surface area contributed by atoms with Gasteiger partial charge < -0.3 is 10.1 Å². The minimum atomic E-state index is -3.53. The fourth-order valence-corrected chi connectivity index (χ4v) is 4.87. The smallest absolute Gasteiger partial charge is 0.248 e. The lowest BCUT2D eigenvalue weighted by atomic mass is 10.1. The van der Waals surface area contributed by atoms with E-state index in [4.69, 9.17) is 16.3 Å². The van der Waals surface area contributed by atoms with Crippen molar-refractivity contribution in [2.45, 2.75) is 18.7 Å². The second-order valence-corrected chi connectivity index (χ2v) is 9.19. The normalized spacial score (nSPS) is 15.6. The van der Waals surface area contributed by atoms with Crippen molar-refractivity contribution in [1.82, 2.24) is 4.31 Å². The third-order valence-corrected chi connectivity index (χ3v) is 6.81. The molecule has 1 saturated heterocycles. The van der Waals surface area contributed by atoms with E-state index in [2.05, 4.69) is 5.32 Å². The molecule has 0 saturated carbocycles. The van der Waals surface area contributed by atoms with Crippen LogP contribution < -0.4 is 5.32 Å². The number of amides is 1. The number of hydrogen-bond donors (Lipinski definition) is 1. The molecule has 8 heteroatoms. The third kappa shape index (κ3) is 5.25. The van der Waals surface area contributed by atoms with E-state index in [1.165, 1.54) is 10.4 Å². The summed E-state index contributed by atoms with van der Waals surface area (Å²) in [6.07, 6.45) is 3.01. The molecule has 29 heavy (non-hydrogen) atoms. The molecule has 0 atom stereocenters. The van der Waals surface area contributed by atoms with Gasteiger partial charge in [-0.2, -0.15) is 4.31 Å². The van der Waals surface area contributed by atoms with Gasteiger partial charge in [-0.3, -0.25) is 4.79 Å². The zero-order valence-corrected chi connectivity index (χ0v) is 17.9. The topological polar surface area (TPSA) is 75.7 Å². The van der Waals surface area contributed by atoms with Crippen LogP contribution >= 0.6 is 11.6 Å². The van der Waals surface area contributed by atoms with Crippen molar-refractivity contribution >= 4 is 39.3 Å². The summed E-state index contributed by atoms with van der Waals surface area (Å²) in [5.74, 6) is -0.316. The zero-order chi connectivity index (χ0) is 21.0. The molecule has 0 spiro atoms. The van der Waals surface area contributed by atoms with E-state index in [0.717, 1.165) is 11.1 Å².